The van der Waals surface area contributed by atoms with Gasteiger partial charge in [0.2, 0.25) is 5.91 Å². The topological polar surface area (TPSA) is 82.2 Å². The number of nitrogens with zero attached hydrogens (tertiary/aromatic N) is 2. The molecule has 0 spiro atoms. The number of alkyl halides is 1. The Labute approximate surface area is 188 Å². The van der Waals surface area contributed by atoms with Gasteiger partial charge >= 0.3 is 0 Å². The van der Waals surface area contributed by atoms with E-state index >= 15 is 0 Å². The Balaban J connectivity index is 1.92. The highest BCUT2D eigenvalue weighted by Crippen LogP contribution is 2.31. The van der Waals surface area contributed by atoms with Gasteiger partial charge in [-0.25, -0.2) is 9.37 Å². The summed E-state index contributed by atoms with van der Waals surface area (Å²) in [5, 5.41) is 2.67. The molecule has 1 aromatic heterocycles. The molecule has 0 radical (unpaired) electrons. The number of hydrogen-bond acceptors (Lipinski definition) is 4. The van der Waals surface area contributed by atoms with Crippen LogP contribution in [0.3, 0.4) is 0 Å². The number of carbonyl (C=O) groups excluding carboxylic acids is 1. The molecule has 32 heavy (non-hydrogen) atoms. The van der Waals surface area contributed by atoms with Gasteiger partial charge in [-0.15, -0.1) is 0 Å². The molecule has 0 saturated heterocycles. The molecule has 0 fully saturated rings. The number of para-hydroxylation sites is 1. The van der Waals surface area contributed by atoms with Crippen molar-refractivity contribution >= 4 is 5.91 Å². The number of hydrogen-bond donors (Lipinski definition) is 2. The minimum atomic E-state index is -1.26. The van der Waals surface area contributed by atoms with Crippen molar-refractivity contribution in [3.8, 4) is 17.0 Å². The summed E-state index contributed by atoms with van der Waals surface area (Å²) in [6, 6.07) is 17.8. The van der Waals surface area contributed by atoms with Crippen LogP contribution in [0.25, 0.3) is 11.3 Å². The molecule has 7 heteroatoms. The van der Waals surface area contributed by atoms with E-state index in [0.29, 0.717) is 13.0 Å². The molecule has 3 N–H and O–H groups in total. The molecule has 3 aromatic rings. The van der Waals surface area contributed by atoms with Crippen LogP contribution >= 0.6 is 0 Å². The van der Waals surface area contributed by atoms with Gasteiger partial charge in [0.25, 0.3) is 0 Å². The maximum absolute atomic E-state index is 13.5. The molecule has 2 aromatic carbocycles. The second kappa shape index (κ2) is 10.4. The van der Waals surface area contributed by atoms with Crippen molar-refractivity contribution < 1.29 is 13.9 Å². The molecule has 0 aliphatic carbocycles. The Kier molecular flexibility index (Phi) is 7.64. The van der Waals surface area contributed by atoms with Crippen LogP contribution in [-0.4, -0.2) is 41.8 Å². The first-order chi connectivity index (χ1) is 15.3. The number of ether oxygens (including phenoxy) is 1. The summed E-state index contributed by atoms with van der Waals surface area (Å²) >= 11 is 0. The lowest BCUT2D eigenvalue weighted by Gasteiger charge is -2.24. The molecule has 0 aliphatic rings. The van der Waals surface area contributed by atoms with Gasteiger partial charge in [0.15, 0.2) is 0 Å². The van der Waals surface area contributed by atoms with Gasteiger partial charge in [-0.05, 0) is 17.7 Å². The van der Waals surface area contributed by atoms with Crippen molar-refractivity contribution in [2.45, 2.75) is 33.0 Å². The highest BCUT2D eigenvalue weighted by atomic mass is 19.1. The van der Waals surface area contributed by atoms with Crippen LogP contribution in [0.15, 0.2) is 60.8 Å². The van der Waals surface area contributed by atoms with E-state index in [9.17, 15) is 9.18 Å². The molecule has 0 bridgehead atoms. The van der Waals surface area contributed by atoms with Crippen LogP contribution in [0, 0.1) is 5.41 Å². The highest BCUT2D eigenvalue weighted by Gasteiger charge is 2.30. The fourth-order valence-electron chi connectivity index (χ4n) is 3.50. The lowest BCUT2D eigenvalue weighted by atomic mass is 9.87. The van der Waals surface area contributed by atoms with E-state index in [2.05, 4.69) is 22.0 Å². The Bertz CT molecular complexity index is 1030. The summed E-state index contributed by atoms with van der Waals surface area (Å²) in [4.78, 5) is 17.6. The fraction of sp³-hybridized carbons (Fsp3) is 0.360. The summed E-state index contributed by atoms with van der Waals surface area (Å²) in [5.74, 6) is 1.27. The van der Waals surface area contributed by atoms with Crippen LogP contribution in [-0.2, 0) is 17.8 Å². The number of methoxy groups -OCH3 is 1. The maximum atomic E-state index is 13.5. The van der Waals surface area contributed by atoms with Crippen molar-refractivity contribution in [3.63, 3.8) is 0 Å². The predicted octanol–water partition coefficient (Wildman–Crippen LogP) is 3.59. The molecule has 1 amide bonds. The Hall–Kier alpha value is -3.19. The van der Waals surface area contributed by atoms with Gasteiger partial charge in [0.05, 0.1) is 24.8 Å². The molecular weight excluding hydrogens is 407 g/mol. The lowest BCUT2D eigenvalue weighted by molar-refractivity contribution is -0.129. The standard InChI is InChI=1S/C25H31FN4O2/c1-25(2,24(31)28-15-19(26)14-27)13-23-29-21(20-11-7-8-12-22(20)32-3)17-30(23)16-18-9-5-4-6-10-18/h4-12,17,19H,13-16,27H2,1-3H3,(H,28,31)/t19-/m1/s1. The number of nitrogens with two attached hydrogens (primary N) is 1. The van der Waals surface area contributed by atoms with Gasteiger partial charge < -0.3 is 20.4 Å². The van der Waals surface area contributed by atoms with E-state index < -0.39 is 11.6 Å². The van der Waals surface area contributed by atoms with Crippen molar-refractivity contribution in [2.75, 3.05) is 20.2 Å². The Morgan fingerprint density at radius 1 is 1.19 bits per heavy atom. The number of imidazole rings is 1. The number of carbonyl (C=O) groups is 1. The maximum Gasteiger partial charge on any atom is 0.226 e. The van der Waals surface area contributed by atoms with Crippen molar-refractivity contribution in [1.29, 1.82) is 0 Å². The van der Waals surface area contributed by atoms with E-state index in [0.717, 1.165) is 28.4 Å². The average molecular weight is 439 g/mol. The molecule has 3 rings (SSSR count). The molecule has 6 nitrogen and oxygen atoms in total. The summed E-state index contributed by atoms with van der Waals surface area (Å²) < 4.78 is 21.1. The third kappa shape index (κ3) is 5.73. The summed E-state index contributed by atoms with van der Waals surface area (Å²) in [6.07, 6.45) is 1.12. The van der Waals surface area contributed by atoms with Crippen LogP contribution < -0.4 is 15.8 Å². The average Bonchev–Trinajstić information content (AvgIpc) is 3.18. The molecular formula is C25H31FN4O2. The smallest absolute Gasteiger partial charge is 0.226 e. The van der Waals surface area contributed by atoms with Crippen LogP contribution in [0.2, 0.25) is 0 Å². The SMILES string of the molecule is COc1ccccc1-c1cn(Cc2ccccc2)c(CC(C)(C)C(=O)NC[C@H](F)CN)n1. The minimum absolute atomic E-state index is 0.0936. The predicted molar refractivity (Wildman–Crippen MR) is 124 cm³/mol. The highest BCUT2D eigenvalue weighted by molar-refractivity contribution is 5.82. The summed E-state index contributed by atoms with van der Waals surface area (Å²) in [6.45, 7) is 4.08. The van der Waals surface area contributed by atoms with Gasteiger partial charge in [0, 0.05) is 31.3 Å². The Morgan fingerprint density at radius 2 is 1.88 bits per heavy atom. The van der Waals surface area contributed by atoms with Crippen LogP contribution in [0.1, 0.15) is 25.2 Å². The van der Waals surface area contributed by atoms with E-state index in [4.69, 9.17) is 15.5 Å². The number of aromatic nitrogens is 2. The number of rotatable bonds is 10. The zero-order valence-electron chi connectivity index (χ0n) is 18.8. The van der Waals surface area contributed by atoms with Crippen molar-refractivity contribution in [1.82, 2.24) is 14.9 Å². The second-order valence-corrected chi connectivity index (χ2v) is 8.46. The van der Waals surface area contributed by atoms with E-state index in [1.54, 1.807) is 7.11 Å². The molecule has 0 unspecified atom stereocenters. The van der Waals surface area contributed by atoms with Gasteiger partial charge in [-0.2, -0.15) is 0 Å². The molecule has 1 heterocycles. The zero-order valence-corrected chi connectivity index (χ0v) is 18.8. The van der Waals surface area contributed by atoms with Gasteiger partial charge in [-0.3, -0.25) is 4.79 Å². The van der Waals surface area contributed by atoms with E-state index in [-0.39, 0.29) is 19.0 Å². The number of benzene rings is 2. The van der Waals surface area contributed by atoms with E-state index in [1.807, 2.05) is 62.5 Å². The number of amides is 1. The lowest BCUT2D eigenvalue weighted by Crippen LogP contribution is -2.42. The summed E-state index contributed by atoms with van der Waals surface area (Å²) in [7, 11) is 1.63. The third-order valence-corrected chi connectivity index (χ3v) is 5.39. The van der Waals surface area contributed by atoms with Crippen LogP contribution in [0.5, 0.6) is 5.75 Å². The largest absolute Gasteiger partial charge is 0.496 e. The summed E-state index contributed by atoms with van der Waals surface area (Å²) in [5.41, 5.74) is 7.32. The van der Waals surface area contributed by atoms with Crippen LogP contribution in [0.4, 0.5) is 4.39 Å². The van der Waals surface area contributed by atoms with Gasteiger partial charge in [0.1, 0.15) is 17.7 Å². The van der Waals surface area contributed by atoms with Crippen molar-refractivity contribution in [2.24, 2.45) is 11.1 Å². The molecule has 170 valence electrons. The fourth-order valence-corrected chi connectivity index (χ4v) is 3.50. The molecule has 0 saturated carbocycles. The first kappa shape index (κ1) is 23.5. The third-order valence-electron chi connectivity index (χ3n) is 5.39. The zero-order chi connectivity index (χ0) is 23.1. The Morgan fingerprint density at radius 3 is 2.56 bits per heavy atom. The second-order valence-electron chi connectivity index (χ2n) is 8.46. The first-order valence-electron chi connectivity index (χ1n) is 10.7. The monoisotopic (exact) mass is 438 g/mol. The van der Waals surface area contributed by atoms with Crippen molar-refractivity contribution in [3.05, 3.63) is 72.2 Å². The number of nitrogens with one attached hydrogen (secondary N) is 1. The molecule has 0 aliphatic heterocycles. The molecule has 1 atom stereocenters. The minimum Gasteiger partial charge on any atom is -0.496 e. The quantitative estimate of drug-likeness (QED) is 0.507. The van der Waals surface area contributed by atoms with Gasteiger partial charge in [-0.1, -0.05) is 56.3 Å². The first-order valence-corrected chi connectivity index (χ1v) is 10.7. The normalized spacial score (nSPS) is 12.4. The van der Waals surface area contributed by atoms with E-state index in [1.165, 1.54) is 0 Å². The number of halogens is 1.